The van der Waals surface area contributed by atoms with E-state index in [-0.39, 0.29) is 12.6 Å². The van der Waals surface area contributed by atoms with Crippen molar-refractivity contribution >= 4 is 0 Å². The van der Waals surface area contributed by atoms with Crippen LogP contribution < -0.4 is 0 Å². The van der Waals surface area contributed by atoms with E-state index in [0.29, 0.717) is 0 Å². The maximum atomic E-state index is 8.71. The Balaban J connectivity index is 2.74. The molecule has 1 aromatic rings. The van der Waals surface area contributed by atoms with Crippen molar-refractivity contribution in [2.75, 3.05) is 6.61 Å². The summed E-state index contributed by atoms with van der Waals surface area (Å²) in [4.78, 5) is 0. The average molecular weight is 141 g/mol. The summed E-state index contributed by atoms with van der Waals surface area (Å²) in [5.74, 6) is 0. The minimum absolute atomic E-state index is 0.0289. The van der Waals surface area contributed by atoms with Crippen LogP contribution in [0.5, 0.6) is 0 Å². The summed E-state index contributed by atoms with van der Waals surface area (Å²) in [7, 11) is 0. The Bertz CT molecular complexity index is 209. The molecule has 1 aromatic heterocycles. The predicted molar refractivity (Wildman–Crippen MR) is 36.6 cm³/mol. The fourth-order valence-corrected chi connectivity index (χ4v) is 0.664. The van der Waals surface area contributed by atoms with Gasteiger partial charge in [-0.1, -0.05) is 5.21 Å². The van der Waals surface area contributed by atoms with Crippen LogP contribution in [0.2, 0.25) is 0 Å². The van der Waals surface area contributed by atoms with Crippen LogP contribution in [-0.2, 0) is 0 Å². The molecule has 1 unspecified atom stereocenters. The normalized spacial score (nSPS) is 13.5. The van der Waals surface area contributed by atoms with Gasteiger partial charge in [0.1, 0.15) is 0 Å². The van der Waals surface area contributed by atoms with Crippen LogP contribution in [0.25, 0.3) is 0 Å². The van der Waals surface area contributed by atoms with Gasteiger partial charge in [0.05, 0.1) is 18.3 Å². The van der Waals surface area contributed by atoms with Gasteiger partial charge in [0.15, 0.2) is 0 Å². The van der Waals surface area contributed by atoms with Gasteiger partial charge in [0.2, 0.25) is 0 Å². The van der Waals surface area contributed by atoms with Gasteiger partial charge in [-0.2, -0.15) is 0 Å². The van der Waals surface area contributed by atoms with Gasteiger partial charge in [-0.25, -0.2) is 4.68 Å². The summed E-state index contributed by atoms with van der Waals surface area (Å²) in [6.45, 7) is 3.85. The first-order chi connectivity index (χ1) is 4.74. The second kappa shape index (κ2) is 2.79. The second-order valence-electron chi connectivity index (χ2n) is 2.37. The maximum Gasteiger partial charge on any atom is 0.0796 e. The zero-order chi connectivity index (χ0) is 7.56. The zero-order valence-corrected chi connectivity index (χ0v) is 6.15. The van der Waals surface area contributed by atoms with Gasteiger partial charge >= 0.3 is 0 Å². The molecule has 0 spiro atoms. The minimum Gasteiger partial charge on any atom is -0.394 e. The molecule has 0 amide bonds. The first-order valence-corrected chi connectivity index (χ1v) is 3.23. The van der Waals surface area contributed by atoms with Crippen molar-refractivity contribution in [3.63, 3.8) is 0 Å². The Morgan fingerprint density at radius 3 is 2.90 bits per heavy atom. The summed E-state index contributed by atoms with van der Waals surface area (Å²) in [5, 5.41) is 16.3. The minimum atomic E-state index is 0.0289. The van der Waals surface area contributed by atoms with E-state index in [1.54, 1.807) is 10.9 Å². The van der Waals surface area contributed by atoms with Gasteiger partial charge in [-0.15, -0.1) is 5.10 Å². The quantitative estimate of drug-likeness (QED) is 0.637. The molecule has 1 N–H and O–H groups in total. The molecule has 0 aliphatic carbocycles. The van der Waals surface area contributed by atoms with Crippen molar-refractivity contribution in [3.8, 4) is 0 Å². The van der Waals surface area contributed by atoms with Gasteiger partial charge < -0.3 is 5.11 Å². The molecule has 0 bridgehead atoms. The number of aliphatic hydroxyl groups excluding tert-OH is 1. The van der Waals surface area contributed by atoms with Crippen molar-refractivity contribution in [3.05, 3.63) is 11.9 Å². The molecular weight excluding hydrogens is 130 g/mol. The van der Waals surface area contributed by atoms with E-state index in [0.717, 1.165) is 5.69 Å². The first-order valence-electron chi connectivity index (χ1n) is 3.23. The molecule has 1 rings (SSSR count). The molecule has 4 nitrogen and oxygen atoms in total. The third-order valence-corrected chi connectivity index (χ3v) is 1.34. The van der Waals surface area contributed by atoms with Crippen LogP contribution in [0.15, 0.2) is 6.20 Å². The highest BCUT2D eigenvalue weighted by Crippen LogP contribution is 2.01. The molecule has 0 aliphatic rings. The largest absolute Gasteiger partial charge is 0.394 e. The number of aliphatic hydroxyl groups is 1. The molecule has 0 aromatic carbocycles. The summed E-state index contributed by atoms with van der Waals surface area (Å²) >= 11 is 0. The lowest BCUT2D eigenvalue weighted by Crippen LogP contribution is -2.09. The molecule has 1 atom stereocenters. The van der Waals surface area contributed by atoms with Crippen molar-refractivity contribution in [2.24, 2.45) is 0 Å². The Labute approximate surface area is 59.5 Å². The summed E-state index contributed by atoms with van der Waals surface area (Å²) in [5.41, 5.74) is 0.875. The summed E-state index contributed by atoms with van der Waals surface area (Å²) in [6.07, 6.45) is 1.81. The number of aryl methyl sites for hydroxylation is 1. The van der Waals surface area contributed by atoms with Crippen molar-refractivity contribution in [1.82, 2.24) is 15.0 Å². The van der Waals surface area contributed by atoms with Gasteiger partial charge in [0, 0.05) is 6.20 Å². The maximum absolute atomic E-state index is 8.71. The van der Waals surface area contributed by atoms with Crippen molar-refractivity contribution in [2.45, 2.75) is 19.9 Å². The fraction of sp³-hybridized carbons (Fsp3) is 0.667. The molecule has 0 radical (unpaired) electrons. The predicted octanol–water partition coefficient (Wildman–Crippen LogP) is 0.140. The highest BCUT2D eigenvalue weighted by atomic mass is 16.3. The smallest absolute Gasteiger partial charge is 0.0796 e. The fourth-order valence-electron chi connectivity index (χ4n) is 0.664. The van der Waals surface area contributed by atoms with Crippen LogP contribution in [-0.4, -0.2) is 26.7 Å². The SMILES string of the molecule is Cc1cn(C(C)CO)nn1. The molecule has 1 heterocycles. The van der Waals surface area contributed by atoms with Gasteiger partial charge in [-0.3, -0.25) is 0 Å². The lowest BCUT2D eigenvalue weighted by Gasteiger charge is -2.04. The van der Waals surface area contributed by atoms with Gasteiger partial charge in [0.25, 0.3) is 0 Å². The van der Waals surface area contributed by atoms with E-state index in [2.05, 4.69) is 10.3 Å². The van der Waals surface area contributed by atoms with Crippen LogP contribution in [0.4, 0.5) is 0 Å². The number of nitrogens with zero attached hydrogens (tertiary/aromatic N) is 3. The summed E-state index contributed by atoms with van der Waals surface area (Å²) < 4.78 is 1.65. The average Bonchev–Trinajstić information content (AvgIpc) is 2.34. The molecule has 0 fully saturated rings. The Morgan fingerprint density at radius 2 is 2.50 bits per heavy atom. The highest BCUT2D eigenvalue weighted by Gasteiger charge is 2.02. The first kappa shape index (κ1) is 7.21. The lowest BCUT2D eigenvalue weighted by molar-refractivity contribution is 0.228. The lowest BCUT2D eigenvalue weighted by atomic mass is 10.4. The molecule has 0 saturated heterocycles. The Hall–Kier alpha value is -0.900. The van der Waals surface area contributed by atoms with E-state index in [1.165, 1.54) is 0 Å². The number of hydrogen-bond donors (Lipinski definition) is 1. The molecule has 0 aliphatic heterocycles. The second-order valence-corrected chi connectivity index (χ2v) is 2.37. The van der Waals surface area contributed by atoms with E-state index in [1.807, 2.05) is 13.8 Å². The number of aromatic nitrogens is 3. The molecule has 0 saturated carbocycles. The Kier molecular flexibility index (Phi) is 2.01. The van der Waals surface area contributed by atoms with Crippen molar-refractivity contribution < 1.29 is 5.11 Å². The standard InChI is InChI=1S/C6H11N3O/c1-5-3-9(8-7-5)6(2)4-10/h3,6,10H,4H2,1-2H3. The van der Waals surface area contributed by atoms with E-state index >= 15 is 0 Å². The monoisotopic (exact) mass is 141 g/mol. The summed E-state index contributed by atoms with van der Waals surface area (Å²) in [6, 6.07) is 0.0289. The Morgan fingerprint density at radius 1 is 1.80 bits per heavy atom. The number of hydrogen-bond acceptors (Lipinski definition) is 3. The molecular formula is C6H11N3O. The van der Waals surface area contributed by atoms with Crippen molar-refractivity contribution in [1.29, 1.82) is 0 Å². The zero-order valence-electron chi connectivity index (χ0n) is 6.15. The molecule has 56 valence electrons. The van der Waals surface area contributed by atoms with Crippen LogP contribution in [0.1, 0.15) is 18.7 Å². The van der Waals surface area contributed by atoms with E-state index < -0.39 is 0 Å². The molecule has 4 heteroatoms. The molecule has 10 heavy (non-hydrogen) atoms. The highest BCUT2D eigenvalue weighted by molar-refractivity contribution is 4.87. The van der Waals surface area contributed by atoms with E-state index in [9.17, 15) is 0 Å². The van der Waals surface area contributed by atoms with E-state index in [4.69, 9.17) is 5.11 Å². The third-order valence-electron chi connectivity index (χ3n) is 1.34. The van der Waals surface area contributed by atoms with Crippen LogP contribution in [0.3, 0.4) is 0 Å². The van der Waals surface area contributed by atoms with Crippen LogP contribution >= 0.6 is 0 Å². The van der Waals surface area contributed by atoms with Crippen LogP contribution in [0, 0.1) is 6.92 Å². The van der Waals surface area contributed by atoms with Gasteiger partial charge in [-0.05, 0) is 13.8 Å². The topological polar surface area (TPSA) is 50.9 Å². The third kappa shape index (κ3) is 1.33. The number of rotatable bonds is 2.